The quantitative estimate of drug-likeness (QED) is 0.482. The molecule has 0 radical (unpaired) electrons. The van der Waals surface area contributed by atoms with Crippen LogP contribution in [-0.4, -0.2) is 19.4 Å². The molecular formula is C12H16ClF3N2O. The highest BCUT2D eigenvalue weighted by molar-refractivity contribution is 6.31. The third-order valence-corrected chi connectivity index (χ3v) is 3.02. The molecule has 0 fully saturated rings. The fraction of sp³-hybridized carbons (Fsp3) is 0.500. The van der Waals surface area contributed by atoms with Gasteiger partial charge in [-0.05, 0) is 30.5 Å². The molecule has 1 aromatic carbocycles. The molecule has 0 bridgehead atoms. The van der Waals surface area contributed by atoms with E-state index in [4.69, 9.17) is 17.4 Å². The number of nitrogens with one attached hydrogen (secondary N) is 1. The summed E-state index contributed by atoms with van der Waals surface area (Å²) >= 11 is 5.99. The summed E-state index contributed by atoms with van der Waals surface area (Å²) < 4.78 is 40.3. The van der Waals surface area contributed by atoms with Crippen LogP contribution in [0.3, 0.4) is 0 Å². The first-order chi connectivity index (χ1) is 8.83. The number of alkyl halides is 3. The molecule has 1 atom stereocenters. The summed E-state index contributed by atoms with van der Waals surface area (Å²) in [5.41, 5.74) is 4.28. The van der Waals surface area contributed by atoms with E-state index in [9.17, 15) is 13.2 Å². The van der Waals surface area contributed by atoms with Crippen molar-refractivity contribution in [3.8, 4) is 0 Å². The molecule has 1 rings (SSSR count). The van der Waals surface area contributed by atoms with Crippen LogP contribution in [0.25, 0.3) is 0 Å². The normalized spacial score (nSPS) is 13.6. The van der Waals surface area contributed by atoms with Crippen LogP contribution in [-0.2, 0) is 4.74 Å². The third kappa shape index (κ3) is 5.78. The Balaban J connectivity index is 2.51. The Morgan fingerprint density at radius 2 is 2.11 bits per heavy atom. The summed E-state index contributed by atoms with van der Waals surface area (Å²) in [4.78, 5) is 0. The maximum absolute atomic E-state index is 11.9. The number of benzene rings is 1. The highest BCUT2D eigenvalue weighted by atomic mass is 35.5. The van der Waals surface area contributed by atoms with E-state index in [1.807, 2.05) is 19.1 Å². The molecule has 0 heterocycles. The lowest BCUT2D eigenvalue weighted by molar-refractivity contribution is -0.174. The van der Waals surface area contributed by atoms with Gasteiger partial charge in [-0.2, -0.15) is 13.2 Å². The topological polar surface area (TPSA) is 47.3 Å². The number of nitrogens with two attached hydrogens (primary N) is 1. The molecule has 3 nitrogen and oxygen atoms in total. The number of hydrazine groups is 1. The lowest BCUT2D eigenvalue weighted by atomic mass is 10.0. The van der Waals surface area contributed by atoms with Crippen LogP contribution in [0.2, 0.25) is 5.02 Å². The molecule has 0 spiro atoms. The second kappa shape index (κ2) is 7.09. The van der Waals surface area contributed by atoms with Crippen LogP contribution in [0.4, 0.5) is 13.2 Å². The van der Waals surface area contributed by atoms with Crippen molar-refractivity contribution in [3.05, 3.63) is 34.3 Å². The minimum atomic E-state index is -4.31. The van der Waals surface area contributed by atoms with Gasteiger partial charge in [-0.15, -0.1) is 0 Å². The first-order valence-corrected chi connectivity index (χ1v) is 6.08. The van der Waals surface area contributed by atoms with Gasteiger partial charge in [0.2, 0.25) is 0 Å². The molecule has 108 valence electrons. The summed E-state index contributed by atoms with van der Waals surface area (Å²) in [5, 5.41) is 0.592. The van der Waals surface area contributed by atoms with Gasteiger partial charge in [0.15, 0.2) is 0 Å². The maximum atomic E-state index is 11.9. The van der Waals surface area contributed by atoms with E-state index in [0.717, 1.165) is 11.1 Å². The van der Waals surface area contributed by atoms with Gasteiger partial charge < -0.3 is 4.74 Å². The fourth-order valence-corrected chi connectivity index (χ4v) is 1.75. The predicted molar refractivity (Wildman–Crippen MR) is 67.7 cm³/mol. The number of halogens is 4. The van der Waals surface area contributed by atoms with E-state index >= 15 is 0 Å². The predicted octanol–water partition coefficient (Wildman–Crippen LogP) is 3.12. The molecule has 19 heavy (non-hydrogen) atoms. The van der Waals surface area contributed by atoms with E-state index in [1.165, 1.54) is 0 Å². The molecule has 0 amide bonds. The number of hydrogen-bond acceptors (Lipinski definition) is 3. The second-order valence-electron chi connectivity index (χ2n) is 4.18. The van der Waals surface area contributed by atoms with Gasteiger partial charge in [-0.25, -0.2) is 0 Å². The number of ether oxygens (including phenoxy) is 1. The summed E-state index contributed by atoms with van der Waals surface area (Å²) in [6, 6.07) is 5.10. The van der Waals surface area contributed by atoms with E-state index in [-0.39, 0.29) is 12.6 Å². The van der Waals surface area contributed by atoms with Crippen molar-refractivity contribution in [1.29, 1.82) is 0 Å². The van der Waals surface area contributed by atoms with Gasteiger partial charge in [-0.1, -0.05) is 23.7 Å². The molecule has 0 saturated carbocycles. The Morgan fingerprint density at radius 1 is 1.42 bits per heavy atom. The van der Waals surface area contributed by atoms with Gasteiger partial charge in [-0.3, -0.25) is 11.3 Å². The molecule has 3 N–H and O–H groups in total. The molecule has 1 aromatic rings. The SMILES string of the molecule is Cc1ccc(C(CCOCC(F)(F)F)NN)cc1Cl. The molecule has 0 aliphatic rings. The lowest BCUT2D eigenvalue weighted by Gasteiger charge is -2.17. The first kappa shape index (κ1) is 16.2. The Kier molecular flexibility index (Phi) is 6.06. The van der Waals surface area contributed by atoms with E-state index in [2.05, 4.69) is 10.2 Å². The number of hydrogen-bond donors (Lipinski definition) is 2. The van der Waals surface area contributed by atoms with E-state index < -0.39 is 12.8 Å². The minimum absolute atomic E-state index is 0.0418. The molecule has 1 unspecified atom stereocenters. The van der Waals surface area contributed by atoms with Crippen LogP contribution in [0.5, 0.6) is 0 Å². The smallest absolute Gasteiger partial charge is 0.372 e. The second-order valence-corrected chi connectivity index (χ2v) is 4.59. The van der Waals surface area contributed by atoms with Crippen LogP contribution in [0.1, 0.15) is 23.6 Å². The molecule has 0 aliphatic carbocycles. The van der Waals surface area contributed by atoms with E-state index in [1.54, 1.807) is 6.07 Å². The van der Waals surface area contributed by atoms with Gasteiger partial charge in [0.05, 0.1) is 0 Å². The Bertz CT molecular complexity index is 412. The van der Waals surface area contributed by atoms with Gasteiger partial charge in [0.25, 0.3) is 0 Å². The third-order valence-electron chi connectivity index (χ3n) is 2.62. The Morgan fingerprint density at radius 3 is 2.63 bits per heavy atom. The average Bonchev–Trinajstić information content (AvgIpc) is 2.32. The monoisotopic (exact) mass is 296 g/mol. The Hall–Kier alpha value is -0.820. The average molecular weight is 297 g/mol. The summed E-state index contributed by atoms with van der Waals surface area (Å²) in [6.45, 7) is 0.572. The highest BCUT2D eigenvalue weighted by Gasteiger charge is 2.27. The number of aryl methyl sites for hydroxylation is 1. The van der Waals surface area contributed by atoms with Gasteiger partial charge >= 0.3 is 6.18 Å². The van der Waals surface area contributed by atoms with Crippen molar-refractivity contribution >= 4 is 11.6 Å². The molecule has 0 saturated heterocycles. The van der Waals surface area contributed by atoms with Crippen molar-refractivity contribution < 1.29 is 17.9 Å². The van der Waals surface area contributed by atoms with Crippen LogP contribution >= 0.6 is 11.6 Å². The summed E-state index contributed by atoms with van der Waals surface area (Å²) in [7, 11) is 0. The van der Waals surface area contributed by atoms with Crippen molar-refractivity contribution in [2.45, 2.75) is 25.6 Å². The van der Waals surface area contributed by atoms with Gasteiger partial charge in [0, 0.05) is 17.7 Å². The zero-order valence-corrected chi connectivity index (χ0v) is 11.2. The van der Waals surface area contributed by atoms with Crippen molar-refractivity contribution in [2.75, 3.05) is 13.2 Å². The molecule has 0 aliphatic heterocycles. The number of rotatable bonds is 6. The molecular weight excluding hydrogens is 281 g/mol. The standard InChI is InChI=1S/C12H16ClF3N2O/c1-8-2-3-9(6-10(8)13)11(18-17)4-5-19-7-12(14,15)16/h2-3,6,11,18H,4-5,7,17H2,1H3. The van der Waals surface area contributed by atoms with Crippen LogP contribution < -0.4 is 11.3 Å². The zero-order chi connectivity index (χ0) is 14.5. The lowest BCUT2D eigenvalue weighted by Crippen LogP contribution is -2.29. The first-order valence-electron chi connectivity index (χ1n) is 5.70. The molecule has 0 aromatic heterocycles. The summed E-state index contributed by atoms with van der Waals surface area (Å²) in [6.07, 6.45) is -3.98. The minimum Gasteiger partial charge on any atom is -0.372 e. The fourth-order valence-electron chi connectivity index (χ4n) is 1.56. The maximum Gasteiger partial charge on any atom is 0.411 e. The summed E-state index contributed by atoms with van der Waals surface area (Å²) in [5.74, 6) is 5.39. The largest absolute Gasteiger partial charge is 0.411 e. The zero-order valence-electron chi connectivity index (χ0n) is 10.4. The van der Waals surface area contributed by atoms with E-state index in [0.29, 0.717) is 11.4 Å². The van der Waals surface area contributed by atoms with Crippen molar-refractivity contribution in [3.63, 3.8) is 0 Å². The van der Waals surface area contributed by atoms with Crippen LogP contribution in [0.15, 0.2) is 18.2 Å². The molecule has 7 heteroatoms. The Labute approximate surface area is 114 Å². The van der Waals surface area contributed by atoms with Crippen molar-refractivity contribution in [1.82, 2.24) is 5.43 Å². The highest BCUT2D eigenvalue weighted by Crippen LogP contribution is 2.23. The van der Waals surface area contributed by atoms with Crippen LogP contribution in [0, 0.1) is 6.92 Å². The van der Waals surface area contributed by atoms with Crippen molar-refractivity contribution in [2.24, 2.45) is 5.84 Å². The van der Waals surface area contributed by atoms with Gasteiger partial charge in [0.1, 0.15) is 6.61 Å².